The third-order valence-electron chi connectivity index (χ3n) is 1.06. The lowest BCUT2D eigenvalue weighted by atomic mass is 10.2. The van der Waals surface area contributed by atoms with Gasteiger partial charge in [-0.05, 0) is 0 Å². The van der Waals surface area contributed by atoms with Gasteiger partial charge < -0.3 is 5.11 Å². The molecule has 9 heavy (non-hydrogen) atoms. The first-order valence-corrected chi connectivity index (χ1v) is 2.60. The predicted octanol–water partition coefficient (Wildman–Crippen LogP) is 1.12. The Labute approximate surface area is 52.8 Å². The van der Waals surface area contributed by atoms with Crippen molar-refractivity contribution in [1.82, 2.24) is 0 Å². The number of benzene rings is 1. The second kappa shape index (κ2) is 2.60. The van der Waals surface area contributed by atoms with Crippen LogP contribution in [0.5, 0.6) is 0 Å². The fourth-order valence-corrected chi connectivity index (χ4v) is 0.574. The molecular weight excluding hydrogens is 119 g/mol. The molecule has 0 bridgehead atoms. The molecule has 0 aromatic heterocycles. The molecule has 1 rings (SSSR count). The lowest BCUT2D eigenvalue weighted by Gasteiger charge is -1.93. The Bertz CT molecular complexity index is 198. The molecule has 1 N–H and O–H groups in total. The highest BCUT2D eigenvalue weighted by atomic mass is 19.1. The summed E-state index contributed by atoms with van der Waals surface area (Å²) in [5, 5.41) is 8.46. The van der Waals surface area contributed by atoms with Gasteiger partial charge in [0, 0.05) is 11.6 Å². The van der Waals surface area contributed by atoms with E-state index in [9.17, 15) is 4.39 Å². The summed E-state index contributed by atoms with van der Waals surface area (Å²) in [5.74, 6) is -0.472. The average molecular weight is 125 g/mol. The highest BCUT2D eigenvalue weighted by Gasteiger charge is 1.95. The highest BCUT2D eigenvalue weighted by Crippen LogP contribution is 2.03. The second-order valence-electron chi connectivity index (χ2n) is 1.67. The molecular formula is C7H6FO. The van der Waals surface area contributed by atoms with Gasteiger partial charge in [-0.3, -0.25) is 0 Å². The van der Waals surface area contributed by atoms with Crippen LogP contribution < -0.4 is 0 Å². The third-order valence-corrected chi connectivity index (χ3v) is 1.06. The maximum atomic E-state index is 12.4. The smallest absolute Gasteiger partial charge is 0.136 e. The van der Waals surface area contributed by atoms with Crippen LogP contribution >= 0.6 is 0 Å². The normalized spacial score (nSPS) is 9.56. The van der Waals surface area contributed by atoms with E-state index in [4.69, 9.17) is 5.11 Å². The molecule has 0 aliphatic rings. The Balaban J connectivity index is 3.01. The van der Waals surface area contributed by atoms with Gasteiger partial charge in [-0.2, -0.15) is 0 Å². The molecule has 0 saturated heterocycles. The fraction of sp³-hybridized carbons (Fsp3) is 0.143. The molecule has 0 aliphatic heterocycles. The van der Waals surface area contributed by atoms with Crippen LogP contribution in [0.15, 0.2) is 18.2 Å². The summed E-state index contributed by atoms with van der Waals surface area (Å²) in [6.45, 7) is -0.261. The van der Waals surface area contributed by atoms with Crippen LogP contribution in [0, 0.1) is 11.9 Å². The minimum atomic E-state index is -0.472. The zero-order valence-electron chi connectivity index (χ0n) is 4.76. The molecule has 0 aliphatic carbocycles. The Morgan fingerprint density at radius 2 is 2.44 bits per heavy atom. The van der Waals surface area contributed by atoms with Crippen molar-refractivity contribution >= 4 is 0 Å². The minimum absolute atomic E-state index is 0.261. The van der Waals surface area contributed by atoms with Crippen LogP contribution in [0.4, 0.5) is 4.39 Å². The van der Waals surface area contributed by atoms with Crippen LogP contribution in [0.1, 0.15) is 5.56 Å². The van der Waals surface area contributed by atoms with E-state index in [-0.39, 0.29) is 12.2 Å². The van der Waals surface area contributed by atoms with Crippen molar-refractivity contribution in [3.8, 4) is 0 Å². The summed E-state index contributed by atoms with van der Waals surface area (Å²) in [6, 6.07) is 6.94. The molecule has 0 atom stereocenters. The van der Waals surface area contributed by atoms with Gasteiger partial charge in [0.05, 0.1) is 6.61 Å². The van der Waals surface area contributed by atoms with Gasteiger partial charge in [0.1, 0.15) is 5.82 Å². The standard InChI is InChI=1S/C7H6FO/c8-7-4-2-1-3-6(7)5-9/h1-3,9H,5H2. The SMILES string of the molecule is OCc1ccc[c]c1F. The fourth-order valence-electron chi connectivity index (χ4n) is 0.574. The lowest BCUT2D eigenvalue weighted by Crippen LogP contribution is -1.86. The van der Waals surface area contributed by atoms with Crippen molar-refractivity contribution in [2.45, 2.75) is 6.61 Å². The summed E-state index contributed by atoms with van der Waals surface area (Å²) >= 11 is 0. The molecule has 47 valence electrons. The first-order chi connectivity index (χ1) is 4.34. The molecule has 0 fully saturated rings. The summed E-state index contributed by atoms with van der Waals surface area (Å²) in [6.07, 6.45) is 0. The van der Waals surface area contributed by atoms with E-state index in [1.165, 1.54) is 12.1 Å². The van der Waals surface area contributed by atoms with Crippen LogP contribution in [0.2, 0.25) is 0 Å². The largest absolute Gasteiger partial charge is 0.392 e. The van der Waals surface area contributed by atoms with E-state index in [0.717, 1.165) is 0 Å². The molecule has 1 nitrogen and oxygen atoms in total. The zero-order chi connectivity index (χ0) is 6.69. The molecule has 0 heterocycles. The summed E-state index contributed by atoms with van der Waals surface area (Å²) in [5.41, 5.74) is 0.289. The number of halogens is 1. The average Bonchev–Trinajstić information content (AvgIpc) is 1.89. The quantitative estimate of drug-likeness (QED) is 0.596. The lowest BCUT2D eigenvalue weighted by molar-refractivity contribution is 0.275. The van der Waals surface area contributed by atoms with Crippen molar-refractivity contribution in [3.63, 3.8) is 0 Å². The molecule has 0 spiro atoms. The predicted molar refractivity (Wildman–Crippen MR) is 31.2 cm³/mol. The molecule has 0 unspecified atom stereocenters. The number of rotatable bonds is 1. The molecule has 1 aromatic carbocycles. The van der Waals surface area contributed by atoms with E-state index in [0.29, 0.717) is 0 Å². The van der Waals surface area contributed by atoms with Gasteiger partial charge in [-0.25, -0.2) is 4.39 Å². The second-order valence-corrected chi connectivity index (χ2v) is 1.67. The van der Waals surface area contributed by atoms with Crippen molar-refractivity contribution in [2.75, 3.05) is 0 Å². The van der Waals surface area contributed by atoms with E-state index in [1.807, 2.05) is 0 Å². The van der Waals surface area contributed by atoms with E-state index in [2.05, 4.69) is 6.07 Å². The van der Waals surface area contributed by atoms with Crippen molar-refractivity contribution in [1.29, 1.82) is 0 Å². The molecule has 1 aromatic rings. The Kier molecular flexibility index (Phi) is 1.80. The van der Waals surface area contributed by atoms with Gasteiger partial charge in [0.25, 0.3) is 0 Å². The molecule has 2 heteroatoms. The topological polar surface area (TPSA) is 20.2 Å². The molecule has 1 radical (unpaired) electrons. The van der Waals surface area contributed by atoms with Crippen molar-refractivity contribution in [3.05, 3.63) is 35.6 Å². The first-order valence-electron chi connectivity index (χ1n) is 2.60. The Hall–Kier alpha value is -0.890. The Morgan fingerprint density at radius 1 is 1.67 bits per heavy atom. The monoisotopic (exact) mass is 125 g/mol. The molecule has 0 amide bonds. The third kappa shape index (κ3) is 1.27. The summed E-state index contributed by atoms with van der Waals surface area (Å²) in [7, 11) is 0. The summed E-state index contributed by atoms with van der Waals surface area (Å²) < 4.78 is 12.4. The van der Waals surface area contributed by atoms with E-state index in [1.54, 1.807) is 6.07 Å². The van der Waals surface area contributed by atoms with E-state index < -0.39 is 5.82 Å². The van der Waals surface area contributed by atoms with Gasteiger partial charge in [0.15, 0.2) is 0 Å². The number of hydrogen-bond acceptors (Lipinski definition) is 1. The zero-order valence-corrected chi connectivity index (χ0v) is 4.76. The van der Waals surface area contributed by atoms with Crippen LogP contribution in [-0.4, -0.2) is 5.11 Å². The number of hydrogen-bond donors (Lipinski definition) is 1. The maximum absolute atomic E-state index is 12.4. The van der Waals surface area contributed by atoms with Crippen LogP contribution in [0.25, 0.3) is 0 Å². The maximum Gasteiger partial charge on any atom is 0.136 e. The van der Waals surface area contributed by atoms with Gasteiger partial charge >= 0.3 is 0 Å². The van der Waals surface area contributed by atoms with Crippen molar-refractivity contribution < 1.29 is 9.50 Å². The number of aliphatic hydroxyl groups is 1. The van der Waals surface area contributed by atoms with E-state index >= 15 is 0 Å². The van der Waals surface area contributed by atoms with Crippen LogP contribution in [0.3, 0.4) is 0 Å². The molecule has 0 saturated carbocycles. The Morgan fingerprint density at radius 3 is 2.89 bits per heavy atom. The number of aliphatic hydroxyl groups excluding tert-OH is 1. The highest BCUT2D eigenvalue weighted by molar-refractivity contribution is 5.14. The van der Waals surface area contributed by atoms with Gasteiger partial charge in [-0.15, -0.1) is 0 Å². The van der Waals surface area contributed by atoms with Crippen LogP contribution in [-0.2, 0) is 6.61 Å². The van der Waals surface area contributed by atoms with Gasteiger partial charge in [0.2, 0.25) is 0 Å². The van der Waals surface area contributed by atoms with Crippen molar-refractivity contribution in [2.24, 2.45) is 0 Å². The first kappa shape index (κ1) is 6.23. The summed E-state index contributed by atoms with van der Waals surface area (Å²) in [4.78, 5) is 0. The minimum Gasteiger partial charge on any atom is -0.392 e. The van der Waals surface area contributed by atoms with Gasteiger partial charge in [-0.1, -0.05) is 18.2 Å².